The normalized spacial score (nSPS) is 18.5. The van der Waals surface area contributed by atoms with E-state index in [2.05, 4.69) is 26.1 Å². The van der Waals surface area contributed by atoms with Crippen molar-refractivity contribution in [2.75, 3.05) is 26.2 Å². The third-order valence-electron chi connectivity index (χ3n) is 3.13. The number of carboxylic acid groups (broad SMARTS) is 1. The minimum absolute atomic E-state index is 0. The third-order valence-corrected chi connectivity index (χ3v) is 3.13. The maximum Gasteiger partial charge on any atom is 0.401 e. The second-order valence-electron chi connectivity index (χ2n) is 6.88. The van der Waals surface area contributed by atoms with E-state index in [0.29, 0.717) is 13.1 Å². The summed E-state index contributed by atoms with van der Waals surface area (Å²) in [6.45, 7) is 9.10. The van der Waals surface area contributed by atoms with Gasteiger partial charge in [-0.15, -0.1) is 24.8 Å². The van der Waals surface area contributed by atoms with E-state index in [-0.39, 0.29) is 42.7 Å². The molecule has 0 bridgehead atoms. The van der Waals surface area contributed by atoms with Gasteiger partial charge in [-0.2, -0.15) is 13.2 Å². The number of hydrogen-bond acceptors (Lipinski definition) is 3. The fourth-order valence-electron chi connectivity index (χ4n) is 2.07. The number of alkyl halides is 3. The van der Waals surface area contributed by atoms with Crippen LogP contribution < -0.4 is 5.32 Å². The summed E-state index contributed by atoms with van der Waals surface area (Å²) in [6, 6.07) is 0.199. The lowest BCUT2D eigenvalue weighted by Gasteiger charge is -2.35. The van der Waals surface area contributed by atoms with Crippen molar-refractivity contribution >= 4 is 30.8 Å². The van der Waals surface area contributed by atoms with Crippen LogP contribution in [0.2, 0.25) is 0 Å². The molecule has 0 aromatic carbocycles. The van der Waals surface area contributed by atoms with Gasteiger partial charge >= 0.3 is 12.1 Å². The van der Waals surface area contributed by atoms with Gasteiger partial charge in [-0.1, -0.05) is 27.7 Å². The van der Waals surface area contributed by atoms with Crippen LogP contribution in [0, 0.1) is 5.41 Å². The number of likely N-dealkylation sites (tertiary alicyclic amines) is 1. The molecule has 1 fully saturated rings. The SMILES string of the molecule is CC(C)(C)CNC1CCCN(CC(F)(F)F)C1.CCC(=O)O.Cl.Cl. The summed E-state index contributed by atoms with van der Waals surface area (Å²) >= 11 is 0. The summed E-state index contributed by atoms with van der Waals surface area (Å²) in [5.41, 5.74) is 0.173. The van der Waals surface area contributed by atoms with E-state index in [4.69, 9.17) is 5.11 Å². The number of piperidine rings is 1. The van der Waals surface area contributed by atoms with Crippen molar-refractivity contribution in [3.63, 3.8) is 0 Å². The molecule has 0 amide bonds. The maximum absolute atomic E-state index is 12.3. The zero-order chi connectivity index (χ0) is 17.4. The third kappa shape index (κ3) is 18.1. The van der Waals surface area contributed by atoms with Gasteiger partial charge < -0.3 is 10.4 Å². The molecule has 24 heavy (non-hydrogen) atoms. The topological polar surface area (TPSA) is 52.6 Å². The van der Waals surface area contributed by atoms with Crippen LogP contribution >= 0.6 is 24.8 Å². The molecule has 1 atom stereocenters. The first-order valence-electron chi connectivity index (χ1n) is 7.67. The van der Waals surface area contributed by atoms with Gasteiger partial charge in [-0.05, 0) is 24.8 Å². The quantitative estimate of drug-likeness (QED) is 0.751. The number of hydrogen-bond donors (Lipinski definition) is 2. The minimum atomic E-state index is -4.08. The molecule has 0 spiro atoms. The predicted octanol–water partition coefficient (Wildman–Crippen LogP) is 3.97. The lowest BCUT2D eigenvalue weighted by atomic mass is 9.95. The first-order chi connectivity index (χ1) is 9.93. The first kappa shape index (κ1) is 28.6. The minimum Gasteiger partial charge on any atom is -0.481 e. The van der Waals surface area contributed by atoms with Crippen molar-refractivity contribution < 1.29 is 23.1 Å². The van der Waals surface area contributed by atoms with Crippen molar-refractivity contribution in [3.8, 4) is 0 Å². The van der Waals surface area contributed by atoms with Gasteiger partial charge in [0.15, 0.2) is 0 Å². The van der Waals surface area contributed by atoms with Gasteiger partial charge in [0.2, 0.25) is 0 Å². The van der Waals surface area contributed by atoms with Gasteiger partial charge in [0, 0.05) is 25.6 Å². The standard InChI is InChI=1S/C12H23F3N2.C3H6O2.2ClH/c1-11(2,3)8-16-10-5-4-6-17(7-10)9-12(13,14)15;1-2-3(4)5;;/h10,16H,4-9H2,1-3H3;2H2,1H3,(H,4,5);2*1H. The number of carboxylic acids is 1. The molecular formula is C15H31Cl2F3N2O2. The second kappa shape index (κ2) is 13.0. The van der Waals surface area contributed by atoms with Crippen molar-refractivity contribution in [2.24, 2.45) is 5.41 Å². The smallest absolute Gasteiger partial charge is 0.401 e. The molecule has 9 heteroatoms. The van der Waals surface area contributed by atoms with E-state index >= 15 is 0 Å². The predicted molar refractivity (Wildman–Crippen MR) is 95.4 cm³/mol. The molecule has 1 saturated heterocycles. The molecule has 2 N–H and O–H groups in total. The first-order valence-corrected chi connectivity index (χ1v) is 7.67. The Kier molecular flexibility index (Phi) is 15.5. The van der Waals surface area contributed by atoms with Gasteiger partial charge in [0.1, 0.15) is 0 Å². The molecule has 0 radical (unpaired) electrons. The van der Waals surface area contributed by atoms with E-state index in [1.165, 1.54) is 4.90 Å². The highest BCUT2D eigenvalue weighted by molar-refractivity contribution is 5.85. The van der Waals surface area contributed by atoms with Gasteiger partial charge in [0.05, 0.1) is 6.54 Å². The highest BCUT2D eigenvalue weighted by atomic mass is 35.5. The average Bonchev–Trinajstić information content (AvgIpc) is 2.34. The molecular weight excluding hydrogens is 368 g/mol. The zero-order valence-corrected chi connectivity index (χ0v) is 16.4. The Morgan fingerprint density at radius 1 is 1.25 bits per heavy atom. The van der Waals surface area contributed by atoms with Gasteiger partial charge in [-0.25, -0.2) is 0 Å². The van der Waals surface area contributed by atoms with Crippen molar-refractivity contribution in [1.29, 1.82) is 0 Å². The van der Waals surface area contributed by atoms with Gasteiger partial charge in [-0.3, -0.25) is 9.69 Å². The second-order valence-corrected chi connectivity index (χ2v) is 6.88. The molecule has 148 valence electrons. The lowest BCUT2D eigenvalue weighted by molar-refractivity contribution is -0.148. The average molecular weight is 399 g/mol. The summed E-state index contributed by atoms with van der Waals surface area (Å²) in [6.07, 6.45) is -2.03. The van der Waals surface area contributed by atoms with Crippen molar-refractivity contribution in [2.45, 2.75) is 59.2 Å². The Hall–Kier alpha value is -0.240. The summed E-state index contributed by atoms with van der Waals surface area (Å²) in [7, 11) is 0. The highest BCUT2D eigenvalue weighted by Crippen LogP contribution is 2.20. The molecule has 1 aliphatic heterocycles. The number of halogens is 5. The Morgan fingerprint density at radius 2 is 1.75 bits per heavy atom. The highest BCUT2D eigenvalue weighted by Gasteiger charge is 2.33. The molecule has 0 saturated carbocycles. The molecule has 1 heterocycles. The number of rotatable bonds is 4. The lowest BCUT2D eigenvalue weighted by Crippen LogP contribution is -2.49. The number of nitrogens with one attached hydrogen (secondary N) is 1. The van der Waals surface area contributed by atoms with E-state index in [0.717, 1.165) is 19.4 Å². The van der Waals surface area contributed by atoms with Crippen LogP contribution in [0.15, 0.2) is 0 Å². The van der Waals surface area contributed by atoms with Crippen LogP contribution in [0.3, 0.4) is 0 Å². The van der Waals surface area contributed by atoms with Crippen LogP contribution in [-0.2, 0) is 4.79 Å². The molecule has 1 unspecified atom stereocenters. The van der Waals surface area contributed by atoms with Crippen LogP contribution in [-0.4, -0.2) is 54.4 Å². The van der Waals surface area contributed by atoms with Crippen LogP contribution in [0.1, 0.15) is 47.0 Å². The van der Waals surface area contributed by atoms with E-state index in [1.54, 1.807) is 6.92 Å². The van der Waals surface area contributed by atoms with E-state index < -0.39 is 18.7 Å². The summed E-state index contributed by atoms with van der Waals surface area (Å²) < 4.78 is 36.8. The van der Waals surface area contributed by atoms with E-state index in [1.807, 2.05) is 0 Å². The van der Waals surface area contributed by atoms with Crippen LogP contribution in [0.25, 0.3) is 0 Å². The summed E-state index contributed by atoms with van der Waals surface area (Å²) in [4.78, 5) is 10.9. The molecule has 0 aromatic rings. The number of aliphatic carboxylic acids is 1. The molecule has 1 rings (SSSR count). The van der Waals surface area contributed by atoms with Crippen molar-refractivity contribution in [1.82, 2.24) is 10.2 Å². The molecule has 0 aromatic heterocycles. The zero-order valence-electron chi connectivity index (χ0n) is 14.8. The Morgan fingerprint density at radius 3 is 2.12 bits per heavy atom. The molecule has 1 aliphatic rings. The summed E-state index contributed by atoms with van der Waals surface area (Å²) in [5.74, 6) is -0.745. The maximum atomic E-state index is 12.3. The van der Waals surface area contributed by atoms with E-state index in [9.17, 15) is 18.0 Å². The molecule has 4 nitrogen and oxygen atoms in total. The largest absolute Gasteiger partial charge is 0.481 e. The monoisotopic (exact) mass is 398 g/mol. The summed E-state index contributed by atoms with van der Waals surface area (Å²) in [5, 5.41) is 11.1. The fourth-order valence-corrected chi connectivity index (χ4v) is 2.07. The number of nitrogens with zero attached hydrogens (tertiary/aromatic N) is 1. The van der Waals surface area contributed by atoms with Crippen molar-refractivity contribution in [3.05, 3.63) is 0 Å². The fraction of sp³-hybridized carbons (Fsp3) is 0.933. The van der Waals surface area contributed by atoms with Gasteiger partial charge in [0.25, 0.3) is 0 Å². The van der Waals surface area contributed by atoms with Crippen LogP contribution in [0.5, 0.6) is 0 Å². The molecule has 0 aliphatic carbocycles. The Balaban J connectivity index is -0.000000554. The number of carbonyl (C=O) groups is 1. The Bertz CT molecular complexity index is 338. The van der Waals surface area contributed by atoms with Crippen LogP contribution in [0.4, 0.5) is 13.2 Å². The Labute approximate surface area is 155 Å².